The maximum absolute atomic E-state index is 10.7. The lowest BCUT2D eigenvalue weighted by molar-refractivity contribution is -0.384. The molecule has 1 fully saturated rings. The monoisotopic (exact) mass is 297 g/mol. The molecule has 2 rings (SSSR count). The number of benzene rings is 1. The van der Waals surface area contributed by atoms with E-state index < -0.39 is 4.92 Å². The topological polar surface area (TPSA) is 49.6 Å². The Morgan fingerprint density at radius 2 is 2.30 bits per heavy atom. The Morgan fingerprint density at radius 1 is 1.55 bits per heavy atom. The van der Waals surface area contributed by atoms with Crippen molar-refractivity contribution < 1.29 is 4.92 Å². The molecule has 0 spiro atoms. The first-order valence-corrected chi connectivity index (χ1v) is 7.26. The number of nitro groups is 1. The third kappa shape index (κ3) is 3.41. The molecular formula is C14H20ClN3O2. The molecule has 1 heterocycles. The number of halogens is 1. The van der Waals surface area contributed by atoms with Crippen molar-refractivity contribution in [2.24, 2.45) is 5.92 Å². The molecular weight excluding hydrogens is 278 g/mol. The summed E-state index contributed by atoms with van der Waals surface area (Å²) in [6, 6.07) is 4.71. The summed E-state index contributed by atoms with van der Waals surface area (Å²) in [5, 5.41) is 11.2. The number of hydrogen-bond donors (Lipinski definition) is 0. The highest BCUT2D eigenvalue weighted by Gasteiger charge is 2.25. The fourth-order valence-electron chi connectivity index (χ4n) is 2.64. The molecule has 1 aliphatic rings. The van der Waals surface area contributed by atoms with Gasteiger partial charge in [-0.2, -0.15) is 0 Å². The Morgan fingerprint density at radius 3 is 2.90 bits per heavy atom. The van der Waals surface area contributed by atoms with Crippen molar-refractivity contribution in [3.8, 4) is 0 Å². The number of nitro benzene ring substituents is 1. The maximum atomic E-state index is 10.7. The molecule has 1 aromatic rings. The van der Waals surface area contributed by atoms with Crippen molar-refractivity contribution in [2.45, 2.75) is 13.3 Å². The highest BCUT2D eigenvalue weighted by atomic mass is 35.5. The summed E-state index contributed by atoms with van der Waals surface area (Å²) in [6.07, 6.45) is 1.14. The molecule has 1 aliphatic heterocycles. The highest BCUT2D eigenvalue weighted by molar-refractivity contribution is 6.33. The van der Waals surface area contributed by atoms with Crippen LogP contribution in [0.3, 0.4) is 0 Å². The predicted octanol–water partition coefficient (Wildman–Crippen LogP) is 3.03. The minimum absolute atomic E-state index is 0.0419. The normalized spacial score (nSPS) is 18.8. The van der Waals surface area contributed by atoms with Gasteiger partial charge in [0.1, 0.15) is 0 Å². The Bertz CT molecular complexity index is 495. The van der Waals surface area contributed by atoms with E-state index in [4.69, 9.17) is 11.6 Å². The van der Waals surface area contributed by atoms with Gasteiger partial charge >= 0.3 is 0 Å². The molecule has 1 aromatic carbocycles. The third-order valence-electron chi connectivity index (χ3n) is 3.88. The van der Waals surface area contributed by atoms with Crippen LogP contribution in [0.25, 0.3) is 0 Å². The summed E-state index contributed by atoms with van der Waals surface area (Å²) >= 11 is 6.18. The van der Waals surface area contributed by atoms with Gasteiger partial charge in [-0.05, 0) is 32.0 Å². The summed E-state index contributed by atoms with van der Waals surface area (Å²) in [6.45, 7) is 6.20. The van der Waals surface area contributed by atoms with Gasteiger partial charge in [-0.15, -0.1) is 0 Å². The first-order chi connectivity index (χ1) is 9.51. The zero-order valence-corrected chi connectivity index (χ0v) is 12.6. The lowest BCUT2D eigenvalue weighted by atomic mass is 10.1. The van der Waals surface area contributed by atoms with E-state index in [9.17, 15) is 10.1 Å². The lowest BCUT2D eigenvalue weighted by Gasteiger charge is -2.22. The molecule has 0 N–H and O–H groups in total. The number of rotatable bonds is 5. The molecule has 0 aromatic heterocycles. The van der Waals surface area contributed by atoms with E-state index in [1.165, 1.54) is 12.1 Å². The molecule has 1 saturated heterocycles. The highest BCUT2D eigenvalue weighted by Crippen LogP contribution is 2.33. The summed E-state index contributed by atoms with van der Waals surface area (Å²) in [5.74, 6) is 0.631. The van der Waals surface area contributed by atoms with Crippen LogP contribution >= 0.6 is 11.6 Å². The van der Waals surface area contributed by atoms with Gasteiger partial charge in [-0.25, -0.2) is 0 Å². The van der Waals surface area contributed by atoms with Crippen LogP contribution in [0.2, 0.25) is 5.02 Å². The van der Waals surface area contributed by atoms with Crippen LogP contribution in [0.15, 0.2) is 18.2 Å². The van der Waals surface area contributed by atoms with Crippen LogP contribution in [0, 0.1) is 16.0 Å². The molecule has 20 heavy (non-hydrogen) atoms. The number of hydrogen-bond acceptors (Lipinski definition) is 4. The van der Waals surface area contributed by atoms with E-state index in [0.29, 0.717) is 10.9 Å². The smallest absolute Gasteiger partial charge is 0.271 e. The van der Waals surface area contributed by atoms with E-state index in [2.05, 4.69) is 23.8 Å². The molecule has 0 aliphatic carbocycles. The Labute approximate surface area is 124 Å². The number of anilines is 1. The molecule has 0 radical (unpaired) electrons. The molecule has 0 bridgehead atoms. The Balaban J connectivity index is 2.05. The minimum atomic E-state index is -0.418. The molecule has 0 amide bonds. The molecule has 1 atom stereocenters. The van der Waals surface area contributed by atoms with Gasteiger partial charge in [-0.3, -0.25) is 10.1 Å². The van der Waals surface area contributed by atoms with Crippen molar-refractivity contribution in [3.05, 3.63) is 33.3 Å². The van der Waals surface area contributed by atoms with Crippen LogP contribution in [-0.2, 0) is 0 Å². The second-order valence-electron chi connectivity index (χ2n) is 5.35. The molecule has 0 unspecified atom stereocenters. The van der Waals surface area contributed by atoms with Gasteiger partial charge in [0.15, 0.2) is 0 Å². The summed E-state index contributed by atoms with van der Waals surface area (Å²) in [7, 11) is 2.13. The van der Waals surface area contributed by atoms with Gasteiger partial charge in [0, 0.05) is 31.8 Å². The van der Waals surface area contributed by atoms with Gasteiger partial charge in [0.2, 0.25) is 0 Å². The van der Waals surface area contributed by atoms with Crippen molar-refractivity contribution >= 4 is 23.0 Å². The Kier molecular flexibility index (Phi) is 4.83. The summed E-state index contributed by atoms with van der Waals surface area (Å²) in [5.41, 5.74) is 0.944. The number of non-ortho nitro benzene ring substituents is 1. The lowest BCUT2D eigenvalue weighted by Crippen LogP contribution is -2.28. The standard InChI is InChI=1S/C14H20ClN3O2/c1-3-16(2)9-11-6-7-17(10-11)14-5-4-12(18(19)20)8-13(14)15/h4-5,8,11H,3,6-7,9-10H2,1-2H3/t11-/m1/s1. The van der Waals surface area contributed by atoms with Crippen LogP contribution < -0.4 is 4.90 Å². The van der Waals surface area contributed by atoms with Crippen molar-refractivity contribution in [2.75, 3.05) is 38.1 Å². The average molecular weight is 298 g/mol. The zero-order valence-electron chi connectivity index (χ0n) is 11.9. The van der Waals surface area contributed by atoms with Crippen molar-refractivity contribution in [1.82, 2.24) is 4.90 Å². The SMILES string of the molecule is CCN(C)C[C@H]1CCN(c2ccc([N+](=O)[O-])cc2Cl)C1. The quantitative estimate of drug-likeness (QED) is 0.619. The Hall–Kier alpha value is -1.33. The average Bonchev–Trinajstić information content (AvgIpc) is 2.86. The van der Waals surface area contributed by atoms with Gasteiger partial charge < -0.3 is 9.80 Å². The van der Waals surface area contributed by atoms with Crippen molar-refractivity contribution in [1.29, 1.82) is 0 Å². The summed E-state index contributed by atoms with van der Waals surface area (Å²) in [4.78, 5) is 14.8. The predicted molar refractivity (Wildman–Crippen MR) is 81.6 cm³/mol. The first-order valence-electron chi connectivity index (χ1n) is 6.88. The molecule has 5 nitrogen and oxygen atoms in total. The van der Waals surface area contributed by atoms with Crippen LogP contribution in [0.5, 0.6) is 0 Å². The fourth-order valence-corrected chi connectivity index (χ4v) is 2.93. The van der Waals surface area contributed by atoms with Crippen LogP contribution in [0.1, 0.15) is 13.3 Å². The largest absolute Gasteiger partial charge is 0.370 e. The minimum Gasteiger partial charge on any atom is -0.370 e. The third-order valence-corrected chi connectivity index (χ3v) is 4.18. The van der Waals surface area contributed by atoms with E-state index in [-0.39, 0.29) is 5.69 Å². The first kappa shape index (κ1) is 15.1. The molecule has 110 valence electrons. The second kappa shape index (κ2) is 6.41. The molecule has 0 saturated carbocycles. The van der Waals surface area contributed by atoms with Crippen LogP contribution in [-0.4, -0.2) is 43.0 Å². The fraction of sp³-hybridized carbons (Fsp3) is 0.571. The second-order valence-corrected chi connectivity index (χ2v) is 5.76. The number of nitrogens with zero attached hydrogens (tertiary/aromatic N) is 3. The van der Waals surface area contributed by atoms with E-state index in [0.717, 1.165) is 38.3 Å². The maximum Gasteiger partial charge on any atom is 0.271 e. The zero-order chi connectivity index (χ0) is 14.7. The summed E-state index contributed by atoms with van der Waals surface area (Å²) < 4.78 is 0. The van der Waals surface area contributed by atoms with Crippen molar-refractivity contribution in [3.63, 3.8) is 0 Å². The van der Waals surface area contributed by atoms with Crippen LogP contribution in [0.4, 0.5) is 11.4 Å². The van der Waals surface area contributed by atoms with E-state index in [1.807, 2.05) is 0 Å². The van der Waals surface area contributed by atoms with Gasteiger partial charge in [0.25, 0.3) is 5.69 Å². The molecule has 6 heteroatoms. The van der Waals surface area contributed by atoms with Gasteiger partial charge in [-0.1, -0.05) is 18.5 Å². The van der Waals surface area contributed by atoms with E-state index in [1.54, 1.807) is 6.07 Å². The van der Waals surface area contributed by atoms with Gasteiger partial charge in [0.05, 0.1) is 15.6 Å². The van der Waals surface area contributed by atoms with E-state index >= 15 is 0 Å².